The number of fused-ring (bicyclic) bond motifs is 2. The minimum absolute atomic E-state index is 0.0154. The van der Waals surface area contributed by atoms with Crippen molar-refractivity contribution in [3.63, 3.8) is 0 Å². The fraction of sp³-hybridized carbons (Fsp3) is 0.341. The first-order valence-electron chi connectivity index (χ1n) is 18.7. The minimum Gasteiger partial charge on any atom is -0.483 e. The average molecular weight is 744 g/mol. The maximum atomic E-state index is 13.3. The first-order valence-corrected chi connectivity index (χ1v) is 18.7. The minimum atomic E-state index is -1.10. The molecule has 14 heteroatoms. The fourth-order valence-electron chi connectivity index (χ4n) is 7.87. The fourth-order valence-corrected chi connectivity index (χ4v) is 7.87. The molecular weight excluding hydrogens is 702 g/mol. The van der Waals surface area contributed by atoms with E-state index in [0.29, 0.717) is 18.2 Å². The topological polar surface area (TPSA) is 177 Å². The maximum absolute atomic E-state index is 13.3. The molecule has 282 valence electrons. The van der Waals surface area contributed by atoms with Crippen molar-refractivity contribution < 1.29 is 33.2 Å². The SMILES string of the molecule is Cc1noc(C)c1-c1ccn2c(NC3CCCCC3)c(CCc3ccc(NC(=O)COc4cccc5c4C(=O)N(C4CCC(=O)NC4=O)C5=O)cc3)nc2c1. The highest BCUT2D eigenvalue weighted by molar-refractivity contribution is 6.24. The van der Waals surface area contributed by atoms with Gasteiger partial charge in [0.25, 0.3) is 17.7 Å². The van der Waals surface area contributed by atoms with E-state index in [9.17, 15) is 24.0 Å². The van der Waals surface area contributed by atoms with E-state index in [1.165, 1.54) is 31.4 Å². The second-order valence-electron chi connectivity index (χ2n) is 14.4. The van der Waals surface area contributed by atoms with Crippen LogP contribution < -0.4 is 20.7 Å². The van der Waals surface area contributed by atoms with E-state index in [0.717, 1.165) is 69.5 Å². The lowest BCUT2D eigenvalue weighted by Gasteiger charge is -2.27. The summed E-state index contributed by atoms with van der Waals surface area (Å²) in [6.07, 6.45) is 9.54. The number of anilines is 2. The van der Waals surface area contributed by atoms with Crippen LogP contribution in [0.4, 0.5) is 11.5 Å². The second kappa shape index (κ2) is 14.8. The number of rotatable bonds is 11. The van der Waals surface area contributed by atoms with Crippen LogP contribution in [0.3, 0.4) is 0 Å². The van der Waals surface area contributed by atoms with Crippen molar-refractivity contribution in [2.45, 2.75) is 83.7 Å². The lowest BCUT2D eigenvalue weighted by molar-refractivity contribution is -0.136. The summed E-state index contributed by atoms with van der Waals surface area (Å²) < 4.78 is 13.3. The lowest BCUT2D eigenvalue weighted by Crippen LogP contribution is -2.54. The number of piperidine rings is 1. The second-order valence-corrected chi connectivity index (χ2v) is 14.4. The van der Waals surface area contributed by atoms with Crippen LogP contribution in [0.2, 0.25) is 0 Å². The van der Waals surface area contributed by atoms with Crippen molar-refractivity contribution in [2.24, 2.45) is 0 Å². The van der Waals surface area contributed by atoms with Crippen LogP contribution in [0, 0.1) is 13.8 Å². The Bertz CT molecular complexity index is 2320. The van der Waals surface area contributed by atoms with Crippen molar-refractivity contribution in [1.82, 2.24) is 24.8 Å². The zero-order valence-electron chi connectivity index (χ0n) is 30.6. The summed E-state index contributed by atoms with van der Waals surface area (Å²) in [6.45, 7) is 3.44. The van der Waals surface area contributed by atoms with E-state index in [2.05, 4.69) is 43.8 Å². The van der Waals surface area contributed by atoms with E-state index in [4.69, 9.17) is 14.2 Å². The third kappa shape index (κ3) is 7.07. The van der Waals surface area contributed by atoms with Crippen molar-refractivity contribution in [3.8, 4) is 16.9 Å². The largest absolute Gasteiger partial charge is 0.483 e. The summed E-state index contributed by atoms with van der Waals surface area (Å²) >= 11 is 0. The molecule has 3 N–H and O–H groups in total. The molecule has 0 radical (unpaired) electrons. The molecule has 1 saturated carbocycles. The van der Waals surface area contributed by atoms with Gasteiger partial charge in [0, 0.05) is 29.9 Å². The van der Waals surface area contributed by atoms with Gasteiger partial charge in [-0.1, -0.05) is 42.6 Å². The number of aryl methyl sites for hydroxylation is 4. The van der Waals surface area contributed by atoms with Gasteiger partial charge >= 0.3 is 0 Å². The van der Waals surface area contributed by atoms with Crippen molar-refractivity contribution >= 4 is 46.7 Å². The van der Waals surface area contributed by atoms with Gasteiger partial charge in [0.15, 0.2) is 6.61 Å². The molecule has 55 heavy (non-hydrogen) atoms. The monoisotopic (exact) mass is 743 g/mol. The number of nitrogens with one attached hydrogen (secondary N) is 3. The molecular formula is C41H41N7O7. The van der Waals surface area contributed by atoms with Crippen LogP contribution in [0.5, 0.6) is 5.75 Å². The van der Waals surface area contributed by atoms with Gasteiger partial charge in [-0.2, -0.15) is 0 Å². The zero-order valence-corrected chi connectivity index (χ0v) is 30.6. The van der Waals surface area contributed by atoms with Crippen LogP contribution in [-0.4, -0.2) is 67.7 Å². The molecule has 5 heterocycles. The molecule has 1 atom stereocenters. The molecule has 2 aromatic carbocycles. The highest BCUT2D eigenvalue weighted by Crippen LogP contribution is 2.34. The summed E-state index contributed by atoms with van der Waals surface area (Å²) in [7, 11) is 0. The van der Waals surface area contributed by atoms with Gasteiger partial charge in [0.2, 0.25) is 11.8 Å². The van der Waals surface area contributed by atoms with Gasteiger partial charge in [0.05, 0.1) is 22.5 Å². The zero-order chi connectivity index (χ0) is 38.2. The predicted molar refractivity (Wildman–Crippen MR) is 202 cm³/mol. The van der Waals surface area contributed by atoms with Gasteiger partial charge in [0.1, 0.15) is 29.0 Å². The molecule has 8 rings (SSSR count). The number of hydrogen-bond donors (Lipinski definition) is 3. The highest BCUT2D eigenvalue weighted by Gasteiger charge is 2.46. The van der Waals surface area contributed by atoms with Crippen LogP contribution in [0.1, 0.15) is 88.4 Å². The standard InChI is InChI=1S/C41H41N7O7/c1-23-36(24(2)55-46-23)26-19-20-47-33(21-26)44-30(38(47)43-27-7-4-3-5-8-27)16-13-25-11-14-28(15-12-25)42-35(50)22-54-32-10-6-9-29-37(32)41(53)48(40(29)52)31-17-18-34(49)45-39(31)51/h6,9-12,14-15,19-21,27,31,43H,3-5,7-8,13,16-18,22H2,1-2H3,(H,42,50)(H,45,49,51). The third-order valence-corrected chi connectivity index (χ3v) is 10.6. The van der Waals surface area contributed by atoms with Gasteiger partial charge in [-0.05, 0) is 93.5 Å². The number of carbonyl (C=O) groups is 5. The van der Waals surface area contributed by atoms with Crippen LogP contribution in [0.15, 0.2) is 65.3 Å². The average Bonchev–Trinajstić information content (AvgIpc) is 3.79. The van der Waals surface area contributed by atoms with Crippen molar-refractivity contribution in [2.75, 3.05) is 17.2 Å². The number of benzene rings is 2. The first kappa shape index (κ1) is 35.7. The van der Waals surface area contributed by atoms with E-state index >= 15 is 0 Å². The molecule has 2 fully saturated rings. The van der Waals surface area contributed by atoms with Crippen LogP contribution in [0.25, 0.3) is 16.8 Å². The highest BCUT2D eigenvalue weighted by atomic mass is 16.5. The van der Waals surface area contributed by atoms with E-state index in [1.54, 1.807) is 6.07 Å². The Kier molecular flexibility index (Phi) is 9.64. The van der Waals surface area contributed by atoms with Crippen LogP contribution in [-0.2, 0) is 27.2 Å². The molecule has 1 aliphatic carbocycles. The Morgan fingerprint density at radius 1 is 0.945 bits per heavy atom. The predicted octanol–water partition coefficient (Wildman–Crippen LogP) is 5.55. The number of carbonyl (C=O) groups excluding carboxylic acids is 5. The van der Waals surface area contributed by atoms with E-state index in [-0.39, 0.29) is 29.7 Å². The number of amides is 5. The molecule has 2 aliphatic heterocycles. The summed E-state index contributed by atoms with van der Waals surface area (Å²) in [5.41, 5.74) is 6.40. The Labute approximate surface area is 316 Å². The maximum Gasteiger partial charge on any atom is 0.266 e. The first-order chi connectivity index (χ1) is 26.6. The molecule has 5 amide bonds. The normalized spacial score (nSPS) is 17.4. The van der Waals surface area contributed by atoms with Crippen molar-refractivity contribution in [1.29, 1.82) is 0 Å². The number of aromatic nitrogens is 3. The molecule has 1 unspecified atom stereocenters. The smallest absolute Gasteiger partial charge is 0.266 e. The Balaban J connectivity index is 0.913. The van der Waals surface area contributed by atoms with E-state index in [1.807, 2.05) is 38.1 Å². The summed E-state index contributed by atoms with van der Waals surface area (Å²) in [5.74, 6) is -1.11. The summed E-state index contributed by atoms with van der Waals surface area (Å²) in [6, 6.07) is 15.6. The Morgan fingerprint density at radius 3 is 2.49 bits per heavy atom. The number of ether oxygens (including phenoxy) is 1. The molecule has 5 aromatic rings. The molecule has 3 aliphatic rings. The molecule has 0 bridgehead atoms. The Morgan fingerprint density at radius 2 is 1.75 bits per heavy atom. The van der Waals surface area contributed by atoms with Gasteiger partial charge in [-0.3, -0.25) is 38.6 Å². The quantitative estimate of drug-likeness (QED) is 0.145. The molecule has 14 nitrogen and oxygen atoms in total. The number of nitrogens with zero attached hydrogens (tertiary/aromatic N) is 4. The molecule has 3 aromatic heterocycles. The van der Waals surface area contributed by atoms with Crippen LogP contribution >= 0.6 is 0 Å². The molecule has 1 saturated heterocycles. The molecule has 0 spiro atoms. The number of pyridine rings is 1. The number of imide groups is 2. The third-order valence-electron chi connectivity index (χ3n) is 10.6. The van der Waals surface area contributed by atoms with Gasteiger partial charge in [-0.25, -0.2) is 4.98 Å². The van der Waals surface area contributed by atoms with Gasteiger partial charge < -0.3 is 19.9 Å². The summed E-state index contributed by atoms with van der Waals surface area (Å²) in [5, 5.41) is 13.0. The van der Waals surface area contributed by atoms with E-state index < -0.39 is 42.2 Å². The lowest BCUT2D eigenvalue weighted by atomic mass is 9.95. The number of hydrogen-bond acceptors (Lipinski definition) is 10. The Hall–Kier alpha value is -6.31. The number of imidazole rings is 1. The van der Waals surface area contributed by atoms with Crippen molar-refractivity contribution in [3.05, 3.63) is 94.6 Å². The summed E-state index contributed by atoms with van der Waals surface area (Å²) in [4.78, 5) is 69.4. The van der Waals surface area contributed by atoms with Gasteiger partial charge in [-0.15, -0.1) is 0 Å².